The molecule has 0 bridgehead atoms. The summed E-state index contributed by atoms with van der Waals surface area (Å²) >= 11 is 0. The lowest BCUT2D eigenvalue weighted by Gasteiger charge is -2.30. The third-order valence-corrected chi connectivity index (χ3v) is 4.11. The van der Waals surface area contributed by atoms with E-state index in [0.717, 1.165) is 25.5 Å². The van der Waals surface area contributed by atoms with Gasteiger partial charge in [-0.1, -0.05) is 24.3 Å². The molecule has 0 saturated carbocycles. The lowest BCUT2D eigenvalue weighted by Crippen LogP contribution is -2.44. The van der Waals surface area contributed by atoms with Crippen LogP contribution in [0.25, 0.3) is 0 Å². The Morgan fingerprint density at radius 2 is 2.04 bits per heavy atom. The Bertz CT molecular complexity index is 548. The molecule has 1 N–H and O–H groups in total. The van der Waals surface area contributed by atoms with Crippen LogP contribution in [0.4, 0.5) is 13.2 Å². The maximum Gasteiger partial charge on any atom is 0.406 e. The third-order valence-electron chi connectivity index (χ3n) is 4.11. The third kappa shape index (κ3) is 4.68. The highest BCUT2D eigenvalue weighted by atomic mass is 19.4. The highest BCUT2D eigenvalue weighted by molar-refractivity contribution is 5.78. The Labute approximate surface area is 133 Å². The molecule has 2 rings (SSSR count). The number of likely N-dealkylation sites (N-methyl/N-ethyl adjacent to an activating group) is 1. The van der Waals surface area contributed by atoms with Crippen molar-refractivity contribution in [2.45, 2.75) is 25.1 Å². The lowest BCUT2D eigenvalue weighted by atomic mass is 10.1. The van der Waals surface area contributed by atoms with Gasteiger partial charge in [0.2, 0.25) is 5.91 Å². The molecule has 0 spiro atoms. The number of carbonyl (C=O) groups is 1. The summed E-state index contributed by atoms with van der Waals surface area (Å²) in [7, 11) is 1.15. The van der Waals surface area contributed by atoms with Crippen molar-refractivity contribution < 1.29 is 23.1 Å². The zero-order valence-corrected chi connectivity index (χ0v) is 13.0. The van der Waals surface area contributed by atoms with Crippen molar-refractivity contribution in [3.8, 4) is 0 Å². The van der Waals surface area contributed by atoms with Crippen LogP contribution in [0.5, 0.6) is 0 Å². The molecule has 0 aromatic heterocycles. The number of carbonyl (C=O) groups excluding carboxylic acids is 1. The van der Waals surface area contributed by atoms with Crippen molar-refractivity contribution in [1.82, 2.24) is 9.80 Å². The normalized spacial score (nSPS) is 17.4. The van der Waals surface area contributed by atoms with E-state index in [-0.39, 0.29) is 25.7 Å². The van der Waals surface area contributed by atoms with Crippen molar-refractivity contribution in [1.29, 1.82) is 0 Å². The summed E-state index contributed by atoms with van der Waals surface area (Å²) in [5.74, 6) is -0.597. The molecule has 1 amide bonds. The Morgan fingerprint density at radius 1 is 1.35 bits per heavy atom. The van der Waals surface area contributed by atoms with Gasteiger partial charge in [0.15, 0.2) is 0 Å². The van der Waals surface area contributed by atoms with Crippen molar-refractivity contribution in [3.63, 3.8) is 0 Å². The molecule has 0 saturated heterocycles. The Morgan fingerprint density at radius 3 is 2.70 bits per heavy atom. The largest absolute Gasteiger partial charge is 0.406 e. The predicted octanol–water partition coefficient (Wildman–Crippen LogP) is 1.99. The molecule has 128 valence electrons. The second-order valence-electron chi connectivity index (χ2n) is 5.81. The molecule has 23 heavy (non-hydrogen) atoms. The molecule has 0 aliphatic heterocycles. The molecule has 1 aromatic carbocycles. The minimum atomic E-state index is -4.41. The average Bonchev–Trinajstić information content (AvgIpc) is 2.88. The van der Waals surface area contributed by atoms with Gasteiger partial charge in [0.25, 0.3) is 0 Å². The second kappa shape index (κ2) is 7.31. The first-order chi connectivity index (χ1) is 10.8. The summed E-state index contributed by atoms with van der Waals surface area (Å²) in [6.45, 7) is -1.29. The first-order valence-corrected chi connectivity index (χ1v) is 7.55. The van der Waals surface area contributed by atoms with Crippen molar-refractivity contribution in [2.75, 3.05) is 33.3 Å². The molecule has 1 atom stereocenters. The Kier molecular flexibility index (Phi) is 5.64. The van der Waals surface area contributed by atoms with Gasteiger partial charge in [-0.3, -0.25) is 9.69 Å². The number of aliphatic hydroxyl groups excluding tert-OH is 1. The van der Waals surface area contributed by atoms with Crippen LogP contribution in [0.1, 0.15) is 23.6 Å². The average molecular weight is 330 g/mol. The number of amides is 1. The molecule has 1 aliphatic rings. The number of benzene rings is 1. The second-order valence-corrected chi connectivity index (χ2v) is 5.81. The molecule has 1 unspecified atom stereocenters. The summed E-state index contributed by atoms with van der Waals surface area (Å²) < 4.78 is 37.2. The zero-order valence-electron chi connectivity index (χ0n) is 13.0. The fourth-order valence-corrected chi connectivity index (χ4v) is 3.04. The van der Waals surface area contributed by atoms with E-state index in [1.165, 1.54) is 5.56 Å². The minimum absolute atomic E-state index is 0.0402. The number of aliphatic hydroxyl groups is 1. The predicted molar refractivity (Wildman–Crippen MR) is 79.9 cm³/mol. The van der Waals surface area contributed by atoms with Crippen LogP contribution in [-0.4, -0.2) is 60.3 Å². The minimum Gasteiger partial charge on any atom is -0.395 e. The van der Waals surface area contributed by atoms with E-state index >= 15 is 0 Å². The maximum absolute atomic E-state index is 12.4. The van der Waals surface area contributed by atoms with Crippen LogP contribution >= 0.6 is 0 Å². The van der Waals surface area contributed by atoms with Gasteiger partial charge in [0, 0.05) is 19.6 Å². The highest BCUT2D eigenvalue weighted by Crippen LogP contribution is 2.35. The fourth-order valence-electron chi connectivity index (χ4n) is 3.04. The number of hydrogen-bond acceptors (Lipinski definition) is 3. The smallest absolute Gasteiger partial charge is 0.395 e. The summed E-state index contributed by atoms with van der Waals surface area (Å²) in [5.41, 5.74) is 2.28. The molecular formula is C16H21F3N2O2. The first kappa shape index (κ1) is 17.7. The number of fused-ring (bicyclic) bond motifs is 1. The van der Waals surface area contributed by atoms with Gasteiger partial charge in [0.1, 0.15) is 6.54 Å². The van der Waals surface area contributed by atoms with Gasteiger partial charge in [-0.15, -0.1) is 0 Å². The van der Waals surface area contributed by atoms with Gasteiger partial charge >= 0.3 is 6.18 Å². The first-order valence-electron chi connectivity index (χ1n) is 7.55. The van der Waals surface area contributed by atoms with Crippen LogP contribution in [0, 0.1) is 0 Å². The van der Waals surface area contributed by atoms with Gasteiger partial charge in [0.05, 0.1) is 13.2 Å². The van der Waals surface area contributed by atoms with E-state index in [9.17, 15) is 23.1 Å². The molecule has 7 heteroatoms. The van der Waals surface area contributed by atoms with Gasteiger partial charge in [-0.05, 0) is 24.0 Å². The summed E-state index contributed by atoms with van der Waals surface area (Å²) in [5, 5.41) is 9.24. The Balaban J connectivity index is 2.06. The maximum atomic E-state index is 12.4. The quantitative estimate of drug-likeness (QED) is 0.867. The molecule has 0 fully saturated rings. The van der Waals surface area contributed by atoms with E-state index < -0.39 is 18.6 Å². The fraction of sp³-hybridized carbons (Fsp3) is 0.562. The standard InChI is InChI=1S/C16H21F3N2O2/c1-20(11-16(17,18)19)15(23)10-21(8-9-22)14-7-6-12-4-2-3-5-13(12)14/h2-5,14,22H,6-11H2,1H3. The van der Waals surface area contributed by atoms with E-state index in [4.69, 9.17) is 0 Å². The van der Waals surface area contributed by atoms with Crippen LogP contribution in [-0.2, 0) is 11.2 Å². The number of halogens is 3. The number of hydrogen-bond donors (Lipinski definition) is 1. The highest BCUT2D eigenvalue weighted by Gasteiger charge is 2.33. The number of rotatable bonds is 6. The SMILES string of the molecule is CN(CC(F)(F)F)C(=O)CN(CCO)C1CCc2ccccc21. The van der Waals surface area contributed by atoms with Gasteiger partial charge in [-0.2, -0.15) is 13.2 Å². The van der Waals surface area contributed by atoms with Crippen LogP contribution in [0.15, 0.2) is 24.3 Å². The van der Waals surface area contributed by atoms with Gasteiger partial charge in [-0.25, -0.2) is 0 Å². The molecule has 0 heterocycles. The number of nitrogens with zero attached hydrogens (tertiary/aromatic N) is 2. The van der Waals surface area contributed by atoms with Crippen molar-refractivity contribution >= 4 is 5.91 Å². The summed E-state index contributed by atoms with van der Waals surface area (Å²) in [6.07, 6.45) is -2.74. The van der Waals surface area contributed by atoms with Crippen LogP contribution < -0.4 is 0 Å². The van der Waals surface area contributed by atoms with Crippen molar-refractivity contribution in [2.24, 2.45) is 0 Å². The topological polar surface area (TPSA) is 43.8 Å². The molecule has 1 aromatic rings. The van der Waals surface area contributed by atoms with Crippen LogP contribution in [0.3, 0.4) is 0 Å². The molecular weight excluding hydrogens is 309 g/mol. The lowest BCUT2D eigenvalue weighted by molar-refractivity contribution is -0.159. The summed E-state index contributed by atoms with van der Waals surface area (Å²) in [4.78, 5) is 14.5. The van der Waals surface area contributed by atoms with Gasteiger partial charge < -0.3 is 10.0 Å². The molecule has 1 aliphatic carbocycles. The molecule has 4 nitrogen and oxygen atoms in total. The van der Waals surface area contributed by atoms with E-state index in [1.807, 2.05) is 24.3 Å². The monoisotopic (exact) mass is 330 g/mol. The summed E-state index contributed by atoms with van der Waals surface area (Å²) in [6, 6.07) is 7.80. The number of alkyl halides is 3. The van der Waals surface area contributed by atoms with E-state index in [2.05, 4.69) is 0 Å². The number of aryl methyl sites for hydroxylation is 1. The Hall–Kier alpha value is -1.60. The molecule has 0 radical (unpaired) electrons. The van der Waals surface area contributed by atoms with E-state index in [0.29, 0.717) is 4.90 Å². The van der Waals surface area contributed by atoms with E-state index in [1.54, 1.807) is 4.90 Å². The van der Waals surface area contributed by atoms with Crippen LogP contribution in [0.2, 0.25) is 0 Å². The zero-order chi connectivity index (χ0) is 17.0. The van der Waals surface area contributed by atoms with Crippen molar-refractivity contribution in [3.05, 3.63) is 35.4 Å².